The zero-order valence-corrected chi connectivity index (χ0v) is 10.2. The average molecular weight is 248 g/mol. The summed E-state index contributed by atoms with van der Waals surface area (Å²) in [6.07, 6.45) is 0.849. The largest absolute Gasteiger partial charge is 0.508 e. The van der Waals surface area contributed by atoms with Crippen LogP contribution < -0.4 is 0 Å². The van der Waals surface area contributed by atoms with Crippen molar-refractivity contribution in [2.45, 2.75) is 18.9 Å². The zero-order valence-electron chi connectivity index (χ0n) is 10.2. The number of nitriles is 1. The lowest BCUT2D eigenvalue weighted by atomic mass is 10.0. The van der Waals surface area contributed by atoms with Gasteiger partial charge in [-0.1, -0.05) is 12.1 Å². The first-order valence-corrected chi connectivity index (χ1v) is 5.60. The quantitative estimate of drug-likeness (QED) is 0.791. The topological polar surface area (TPSA) is 84.6 Å². The lowest BCUT2D eigenvalue weighted by molar-refractivity contribution is -0.138. The summed E-state index contributed by atoms with van der Waals surface area (Å²) in [6, 6.07) is 8.63. The van der Waals surface area contributed by atoms with Gasteiger partial charge in [0, 0.05) is 6.04 Å². The molecule has 0 radical (unpaired) electrons. The van der Waals surface area contributed by atoms with Crippen LogP contribution in [0.3, 0.4) is 0 Å². The molecule has 1 unspecified atom stereocenters. The molecule has 0 bridgehead atoms. The van der Waals surface area contributed by atoms with Gasteiger partial charge in [-0.3, -0.25) is 9.69 Å². The minimum absolute atomic E-state index is 0.0928. The van der Waals surface area contributed by atoms with Crippen LogP contribution in [-0.2, 0) is 11.2 Å². The number of carboxylic acids is 1. The van der Waals surface area contributed by atoms with Crippen molar-refractivity contribution >= 4 is 5.97 Å². The highest BCUT2D eigenvalue weighted by Crippen LogP contribution is 2.14. The van der Waals surface area contributed by atoms with Gasteiger partial charge in [-0.25, -0.2) is 0 Å². The smallest absolute Gasteiger partial charge is 0.317 e. The van der Waals surface area contributed by atoms with Crippen LogP contribution >= 0.6 is 0 Å². The molecule has 0 fully saturated rings. The summed E-state index contributed by atoms with van der Waals surface area (Å²) in [5.74, 6) is -0.722. The normalized spacial score (nSPS) is 12.1. The van der Waals surface area contributed by atoms with E-state index in [1.807, 2.05) is 0 Å². The third-order valence-electron chi connectivity index (χ3n) is 2.74. The monoisotopic (exact) mass is 248 g/mol. The number of carboxylic acid groups (broad SMARTS) is 1. The average Bonchev–Trinajstić information content (AvgIpc) is 2.30. The highest BCUT2D eigenvalue weighted by Gasteiger charge is 2.17. The number of aromatic hydroxyl groups is 1. The van der Waals surface area contributed by atoms with Crippen LogP contribution in [0.15, 0.2) is 24.3 Å². The molecule has 1 aromatic rings. The van der Waals surface area contributed by atoms with Crippen molar-refractivity contribution in [3.63, 3.8) is 0 Å². The van der Waals surface area contributed by atoms with Gasteiger partial charge in [-0.05, 0) is 31.2 Å². The first-order valence-electron chi connectivity index (χ1n) is 5.60. The Balaban J connectivity index is 2.70. The number of carbonyl (C=O) groups is 1. The fourth-order valence-electron chi connectivity index (χ4n) is 1.74. The maximum Gasteiger partial charge on any atom is 0.317 e. The number of hydrogen-bond acceptors (Lipinski definition) is 4. The number of benzene rings is 1. The number of nitrogens with zero attached hydrogens (tertiary/aromatic N) is 2. The SMILES string of the molecule is CN(CC(=O)O)C(CC#N)Cc1ccc(O)cc1. The van der Waals surface area contributed by atoms with Gasteiger partial charge >= 0.3 is 5.97 Å². The van der Waals surface area contributed by atoms with E-state index in [2.05, 4.69) is 6.07 Å². The van der Waals surface area contributed by atoms with Crippen LogP contribution in [0.5, 0.6) is 5.75 Å². The van der Waals surface area contributed by atoms with Crippen LogP contribution in [-0.4, -0.2) is 40.7 Å². The Morgan fingerprint density at radius 3 is 2.56 bits per heavy atom. The van der Waals surface area contributed by atoms with E-state index in [1.165, 1.54) is 0 Å². The molecule has 0 spiro atoms. The van der Waals surface area contributed by atoms with E-state index in [0.29, 0.717) is 6.42 Å². The van der Waals surface area contributed by atoms with Crippen LogP contribution in [0.4, 0.5) is 0 Å². The first kappa shape index (κ1) is 14.0. The summed E-state index contributed by atoms with van der Waals surface area (Å²) in [7, 11) is 1.69. The Hall–Kier alpha value is -2.06. The number of likely N-dealkylation sites (N-methyl/N-ethyl adjacent to an activating group) is 1. The van der Waals surface area contributed by atoms with Gasteiger partial charge in [-0.15, -0.1) is 0 Å². The standard InChI is InChI=1S/C13H16N2O3/c1-15(9-13(17)18)11(6-7-14)8-10-2-4-12(16)5-3-10/h2-5,11,16H,6,8-9H2,1H3,(H,17,18). The molecule has 1 atom stereocenters. The third kappa shape index (κ3) is 4.44. The van der Waals surface area contributed by atoms with Crippen LogP contribution in [0.1, 0.15) is 12.0 Å². The van der Waals surface area contributed by atoms with Crippen molar-refractivity contribution in [3.8, 4) is 11.8 Å². The van der Waals surface area contributed by atoms with E-state index >= 15 is 0 Å². The number of phenols is 1. The van der Waals surface area contributed by atoms with E-state index in [4.69, 9.17) is 10.4 Å². The molecule has 96 valence electrons. The Bertz CT molecular complexity index is 437. The molecule has 1 rings (SSSR count). The Labute approximate surface area is 106 Å². The van der Waals surface area contributed by atoms with Crippen molar-refractivity contribution in [3.05, 3.63) is 29.8 Å². The molecule has 1 aromatic carbocycles. The number of aliphatic carboxylic acids is 1. The highest BCUT2D eigenvalue weighted by atomic mass is 16.4. The Kier molecular flexibility index (Phi) is 5.15. The van der Waals surface area contributed by atoms with Crippen molar-refractivity contribution in [2.24, 2.45) is 0 Å². The van der Waals surface area contributed by atoms with E-state index < -0.39 is 5.97 Å². The molecule has 0 saturated heterocycles. The maximum atomic E-state index is 10.7. The van der Waals surface area contributed by atoms with E-state index in [9.17, 15) is 9.90 Å². The van der Waals surface area contributed by atoms with Crippen LogP contribution in [0, 0.1) is 11.3 Å². The molecule has 0 heterocycles. The predicted molar refractivity (Wildman–Crippen MR) is 66.1 cm³/mol. The fourth-order valence-corrected chi connectivity index (χ4v) is 1.74. The molecule has 5 nitrogen and oxygen atoms in total. The van der Waals surface area contributed by atoms with Gasteiger partial charge in [0.05, 0.1) is 19.0 Å². The minimum Gasteiger partial charge on any atom is -0.508 e. The summed E-state index contributed by atoms with van der Waals surface area (Å²) in [5, 5.41) is 26.7. The second-order valence-corrected chi connectivity index (χ2v) is 4.20. The van der Waals surface area contributed by atoms with E-state index in [1.54, 1.807) is 36.2 Å². The van der Waals surface area contributed by atoms with Gasteiger partial charge < -0.3 is 10.2 Å². The number of rotatable bonds is 6. The van der Waals surface area contributed by atoms with E-state index in [0.717, 1.165) is 5.56 Å². The molecule has 0 amide bonds. The highest BCUT2D eigenvalue weighted by molar-refractivity contribution is 5.69. The number of hydrogen-bond donors (Lipinski definition) is 2. The molecular weight excluding hydrogens is 232 g/mol. The first-order chi connectivity index (χ1) is 8.52. The third-order valence-corrected chi connectivity index (χ3v) is 2.74. The summed E-state index contributed by atoms with van der Waals surface area (Å²) < 4.78 is 0. The summed E-state index contributed by atoms with van der Waals surface area (Å²) in [5.41, 5.74) is 0.963. The molecule has 5 heteroatoms. The zero-order chi connectivity index (χ0) is 13.5. The predicted octanol–water partition coefficient (Wildman–Crippen LogP) is 1.23. The Morgan fingerprint density at radius 1 is 1.44 bits per heavy atom. The van der Waals surface area contributed by atoms with Gasteiger partial charge in [0.15, 0.2) is 0 Å². The van der Waals surface area contributed by atoms with Crippen LogP contribution in [0.25, 0.3) is 0 Å². The van der Waals surface area contributed by atoms with Gasteiger partial charge in [0.2, 0.25) is 0 Å². The molecule has 0 aliphatic carbocycles. The molecule has 0 aliphatic rings. The molecule has 18 heavy (non-hydrogen) atoms. The summed E-state index contributed by atoms with van der Waals surface area (Å²) in [6.45, 7) is -0.0928. The van der Waals surface area contributed by atoms with Crippen molar-refractivity contribution in [1.82, 2.24) is 4.90 Å². The summed E-state index contributed by atoms with van der Waals surface area (Å²) in [4.78, 5) is 12.3. The summed E-state index contributed by atoms with van der Waals surface area (Å²) >= 11 is 0. The van der Waals surface area contributed by atoms with Crippen molar-refractivity contribution < 1.29 is 15.0 Å². The van der Waals surface area contributed by atoms with Gasteiger partial charge in [-0.2, -0.15) is 5.26 Å². The van der Waals surface area contributed by atoms with Crippen LogP contribution in [0.2, 0.25) is 0 Å². The minimum atomic E-state index is -0.911. The second kappa shape index (κ2) is 6.62. The van der Waals surface area contributed by atoms with Crippen molar-refractivity contribution in [2.75, 3.05) is 13.6 Å². The molecule has 0 saturated carbocycles. The van der Waals surface area contributed by atoms with E-state index in [-0.39, 0.29) is 24.8 Å². The van der Waals surface area contributed by atoms with Gasteiger partial charge in [0.25, 0.3) is 0 Å². The second-order valence-electron chi connectivity index (χ2n) is 4.20. The lowest BCUT2D eigenvalue weighted by Crippen LogP contribution is -2.37. The molecule has 0 aliphatic heterocycles. The Morgan fingerprint density at radius 2 is 2.06 bits per heavy atom. The lowest BCUT2D eigenvalue weighted by Gasteiger charge is -2.24. The van der Waals surface area contributed by atoms with Gasteiger partial charge in [0.1, 0.15) is 5.75 Å². The molecule has 2 N–H and O–H groups in total. The molecule has 0 aromatic heterocycles. The number of phenolic OH excluding ortho intramolecular Hbond substituents is 1. The molecular formula is C13H16N2O3. The maximum absolute atomic E-state index is 10.7. The van der Waals surface area contributed by atoms with Crippen molar-refractivity contribution in [1.29, 1.82) is 5.26 Å². The fraction of sp³-hybridized carbons (Fsp3) is 0.385.